The third-order valence-corrected chi connectivity index (χ3v) is 6.79. The topological polar surface area (TPSA) is 0 Å². The molecule has 0 aliphatic carbocycles. The van der Waals surface area contributed by atoms with Gasteiger partial charge in [-0.25, -0.2) is 0 Å². The normalized spacial score (nSPS) is 13.0. The Balaban J connectivity index is 1.87. The Morgan fingerprint density at radius 3 is 1.42 bits per heavy atom. The van der Waals surface area contributed by atoms with Crippen molar-refractivity contribution in [1.82, 2.24) is 0 Å². The van der Waals surface area contributed by atoms with Gasteiger partial charge in [-0.2, -0.15) is 0 Å². The predicted molar refractivity (Wildman–Crippen MR) is 107 cm³/mol. The molecule has 0 bridgehead atoms. The van der Waals surface area contributed by atoms with E-state index in [4.69, 9.17) is 23.2 Å². The Hall–Kier alpha value is -1.32. The van der Waals surface area contributed by atoms with Gasteiger partial charge in [0, 0.05) is 25.4 Å². The molecular weight excluding hydrogens is 375 g/mol. The number of benzene rings is 3. The number of hydrogen-bond acceptors (Lipinski definition) is 2. The molecule has 0 fully saturated rings. The maximum atomic E-state index is 6.07. The molecule has 0 N–H and O–H groups in total. The molecule has 0 unspecified atom stereocenters. The first-order valence-electron chi connectivity index (χ1n) is 7.41. The van der Waals surface area contributed by atoms with Crippen molar-refractivity contribution in [2.75, 3.05) is 0 Å². The lowest BCUT2D eigenvalue weighted by Gasteiger charge is -2.12. The van der Waals surface area contributed by atoms with Crippen molar-refractivity contribution in [3.8, 4) is 0 Å². The van der Waals surface area contributed by atoms with Gasteiger partial charge in [-0.15, -0.1) is 0 Å². The van der Waals surface area contributed by atoms with Crippen LogP contribution in [0.5, 0.6) is 0 Å². The van der Waals surface area contributed by atoms with Gasteiger partial charge in [-0.05, 0) is 47.5 Å². The quantitative estimate of drug-likeness (QED) is 0.444. The van der Waals surface area contributed by atoms with Gasteiger partial charge < -0.3 is 0 Å². The molecule has 0 spiro atoms. The first-order chi connectivity index (χ1) is 11.7. The van der Waals surface area contributed by atoms with E-state index in [-0.39, 0.29) is 0 Å². The summed E-state index contributed by atoms with van der Waals surface area (Å²) in [6.07, 6.45) is 0. The Labute approximate surface area is 159 Å². The highest BCUT2D eigenvalue weighted by Crippen LogP contribution is 2.54. The number of halogens is 2. The first kappa shape index (κ1) is 16.2. The summed E-state index contributed by atoms with van der Waals surface area (Å²) in [6, 6.07) is 24.5. The zero-order chi connectivity index (χ0) is 16.5. The molecule has 3 aromatic rings. The van der Waals surface area contributed by atoms with E-state index in [0.29, 0.717) is 0 Å². The summed E-state index contributed by atoms with van der Waals surface area (Å²) in [6.45, 7) is 0. The average Bonchev–Trinajstić information content (AvgIpc) is 3.02. The standard InChI is InChI=1S/C20H12Cl2S2/c21-15-9-5-13(6-10-15)19(14-7-11-16(22)12-8-14)20-23-17-3-1-2-4-18(17)24-20/h1-12H. The molecule has 0 nitrogen and oxygen atoms in total. The molecule has 0 radical (unpaired) electrons. The average molecular weight is 387 g/mol. The summed E-state index contributed by atoms with van der Waals surface area (Å²) in [5.41, 5.74) is 3.53. The molecule has 0 saturated carbocycles. The maximum absolute atomic E-state index is 6.07. The minimum absolute atomic E-state index is 0.745. The number of hydrogen-bond donors (Lipinski definition) is 0. The fraction of sp³-hybridized carbons (Fsp3) is 0. The fourth-order valence-electron chi connectivity index (χ4n) is 2.58. The maximum Gasteiger partial charge on any atom is 0.0583 e. The van der Waals surface area contributed by atoms with E-state index in [9.17, 15) is 0 Å². The Morgan fingerprint density at radius 2 is 1.00 bits per heavy atom. The molecule has 0 atom stereocenters. The molecule has 1 aliphatic heterocycles. The van der Waals surface area contributed by atoms with Crippen molar-refractivity contribution in [3.63, 3.8) is 0 Å². The van der Waals surface area contributed by atoms with Crippen LogP contribution in [0.1, 0.15) is 11.1 Å². The van der Waals surface area contributed by atoms with Crippen molar-refractivity contribution in [2.45, 2.75) is 9.79 Å². The van der Waals surface area contributed by atoms with Gasteiger partial charge in [0.25, 0.3) is 0 Å². The van der Waals surface area contributed by atoms with E-state index in [0.717, 1.165) is 21.2 Å². The van der Waals surface area contributed by atoms with Gasteiger partial charge in [0.1, 0.15) is 0 Å². The van der Waals surface area contributed by atoms with Crippen LogP contribution < -0.4 is 0 Å². The lowest BCUT2D eigenvalue weighted by Crippen LogP contribution is -1.90. The summed E-state index contributed by atoms with van der Waals surface area (Å²) in [5.74, 6) is 0. The van der Waals surface area contributed by atoms with Crippen LogP contribution in [-0.2, 0) is 0 Å². The Bertz CT molecular complexity index is 839. The van der Waals surface area contributed by atoms with Crippen molar-refractivity contribution in [1.29, 1.82) is 0 Å². The largest absolute Gasteiger partial charge is 0.0843 e. The van der Waals surface area contributed by atoms with Gasteiger partial charge in [0.2, 0.25) is 0 Å². The summed E-state index contributed by atoms with van der Waals surface area (Å²) in [7, 11) is 0. The third kappa shape index (κ3) is 3.25. The molecule has 4 rings (SSSR count). The zero-order valence-corrected chi connectivity index (χ0v) is 15.6. The highest BCUT2D eigenvalue weighted by atomic mass is 35.5. The zero-order valence-electron chi connectivity index (χ0n) is 12.5. The second-order valence-electron chi connectivity index (χ2n) is 5.33. The fourth-order valence-corrected chi connectivity index (χ4v) is 5.49. The summed E-state index contributed by atoms with van der Waals surface area (Å²) in [5, 5.41) is 1.49. The van der Waals surface area contributed by atoms with Gasteiger partial charge in [-0.3, -0.25) is 0 Å². The van der Waals surface area contributed by atoms with E-state index in [1.165, 1.54) is 19.6 Å². The Kier molecular flexibility index (Phi) is 4.64. The van der Waals surface area contributed by atoms with E-state index >= 15 is 0 Å². The molecule has 0 amide bonds. The second-order valence-corrected chi connectivity index (χ2v) is 8.56. The summed E-state index contributed by atoms with van der Waals surface area (Å²) >= 11 is 15.8. The summed E-state index contributed by atoms with van der Waals surface area (Å²) in [4.78, 5) is 2.61. The van der Waals surface area contributed by atoms with Crippen LogP contribution in [0.15, 0.2) is 86.8 Å². The molecule has 1 heterocycles. The number of fused-ring (bicyclic) bond motifs is 1. The molecule has 1 aliphatic rings. The summed E-state index contributed by atoms with van der Waals surface area (Å²) < 4.78 is 1.28. The number of rotatable bonds is 2. The highest BCUT2D eigenvalue weighted by Gasteiger charge is 2.22. The lowest BCUT2D eigenvalue weighted by atomic mass is 10.00. The molecule has 4 heteroatoms. The predicted octanol–water partition coefficient (Wildman–Crippen LogP) is 7.61. The van der Waals surface area contributed by atoms with E-state index < -0.39 is 0 Å². The SMILES string of the molecule is Clc1ccc(C(=C2Sc3ccccc3S2)c2ccc(Cl)cc2)cc1. The molecule has 118 valence electrons. The molecule has 3 aromatic carbocycles. The van der Waals surface area contributed by atoms with E-state index in [1.807, 2.05) is 47.8 Å². The van der Waals surface area contributed by atoms with Gasteiger partial charge in [0.15, 0.2) is 0 Å². The van der Waals surface area contributed by atoms with Crippen LogP contribution in [0.3, 0.4) is 0 Å². The lowest BCUT2D eigenvalue weighted by molar-refractivity contribution is 1.27. The smallest absolute Gasteiger partial charge is 0.0583 e. The first-order valence-corrected chi connectivity index (χ1v) is 9.80. The van der Waals surface area contributed by atoms with Crippen LogP contribution in [0.4, 0.5) is 0 Å². The van der Waals surface area contributed by atoms with Gasteiger partial charge >= 0.3 is 0 Å². The Morgan fingerprint density at radius 1 is 0.583 bits per heavy atom. The van der Waals surface area contributed by atoms with Gasteiger partial charge in [0.05, 0.1) is 4.24 Å². The van der Waals surface area contributed by atoms with Crippen molar-refractivity contribution in [2.24, 2.45) is 0 Å². The van der Waals surface area contributed by atoms with Crippen LogP contribution >= 0.6 is 46.7 Å². The van der Waals surface area contributed by atoms with Crippen LogP contribution in [0.2, 0.25) is 10.0 Å². The minimum Gasteiger partial charge on any atom is -0.0843 e. The van der Waals surface area contributed by atoms with E-state index in [2.05, 4.69) is 48.5 Å². The van der Waals surface area contributed by atoms with Crippen molar-refractivity contribution >= 4 is 52.3 Å². The van der Waals surface area contributed by atoms with Crippen molar-refractivity contribution < 1.29 is 0 Å². The van der Waals surface area contributed by atoms with Crippen LogP contribution in [0.25, 0.3) is 5.57 Å². The third-order valence-electron chi connectivity index (χ3n) is 3.72. The molecule has 24 heavy (non-hydrogen) atoms. The molecule has 0 saturated heterocycles. The van der Waals surface area contributed by atoms with Crippen molar-refractivity contribution in [3.05, 3.63) is 98.2 Å². The molecular formula is C20H12Cl2S2. The highest BCUT2D eigenvalue weighted by molar-refractivity contribution is 8.25. The van der Waals surface area contributed by atoms with Crippen LogP contribution in [0, 0.1) is 0 Å². The van der Waals surface area contributed by atoms with E-state index in [1.54, 1.807) is 0 Å². The molecule has 0 aromatic heterocycles. The minimum atomic E-state index is 0.745. The number of thioether (sulfide) groups is 2. The van der Waals surface area contributed by atoms with Gasteiger partial charge in [-0.1, -0.05) is 83.1 Å². The van der Waals surface area contributed by atoms with Crippen LogP contribution in [-0.4, -0.2) is 0 Å². The monoisotopic (exact) mass is 386 g/mol. The second kappa shape index (κ2) is 6.89.